The second-order valence-electron chi connectivity index (χ2n) is 5.40. The van der Waals surface area contributed by atoms with Gasteiger partial charge in [-0.3, -0.25) is 0 Å². The molecule has 0 bridgehead atoms. The van der Waals surface area contributed by atoms with Crippen molar-refractivity contribution in [2.45, 2.75) is 64.8 Å². The molecule has 1 saturated carbocycles. The Labute approximate surface area is 126 Å². The molecular formula is C15H24N4S. The number of rotatable bonds is 5. The van der Waals surface area contributed by atoms with Crippen molar-refractivity contribution in [1.29, 1.82) is 0 Å². The molecule has 0 atom stereocenters. The predicted octanol–water partition coefficient (Wildman–Crippen LogP) is 2.98. The normalized spacial score (nSPS) is 16.1. The highest BCUT2D eigenvalue weighted by atomic mass is 32.1. The van der Waals surface area contributed by atoms with Crippen molar-refractivity contribution in [2.24, 2.45) is 5.73 Å². The minimum Gasteiger partial charge on any atom is -0.389 e. The van der Waals surface area contributed by atoms with Gasteiger partial charge in [-0.25, -0.2) is 0 Å². The first kappa shape index (κ1) is 15.2. The van der Waals surface area contributed by atoms with Gasteiger partial charge < -0.3 is 11.1 Å². The van der Waals surface area contributed by atoms with Crippen LogP contribution in [0.15, 0.2) is 0 Å². The van der Waals surface area contributed by atoms with Crippen LogP contribution in [0.3, 0.4) is 0 Å². The third kappa shape index (κ3) is 3.26. The lowest BCUT2D eigenvalue weighted by atomic mass is 9.95. The van der Waals surface area contributed by atoms with Gasteiger partial charge in [0.05, 0.1) is 11.3 Å². The minimum absolute atomic E-state index is 0.421. The summed E-state index contributed by atoms with van der Waals surface area (Å²) in [5.74, 6) is 0.776. The number of nitrogens with zero attached hydrogens (tertiary/aromatic N) is 2. The quantitative estimate of drug-likeness (QED) is 0.817. The molecule has 1 heterocycles. The molecule has 5 heteroatoms. The summed E-state index contributed by atoms with van der Waals surface area (Å²) in [6, 6.07) is 0.475. The predicted molar refractivity (Wildman–Crippen MR) is 87.2 cm³/mol. The molecule has 0 spiro atoms. The summed E-state index contributed by atoms with van der Waals surface area (Å²) < 4.78 is 0. The van der Waals surface area contributed by atoms with E-state index in [0.717, 1.165) is 35.5 Å². The van der Waals surface area contributed by atoms with E-state index in [1.165, 1.54) is 32.1 Å². The standard InChI is InChI=1S/C15H24N4S/c1-3-11-12(4-2)18-19-15(13(11)14(16)20)17-10-8-6-5-7-9-10/h10H,3-9H2,1-2H3,(H2,16,20)(H,17,19). The van der Waals surface area contributed by atoms with Gasteiger partial charge in [-0.1, -0.05) is 45.3 Å². The molecule has 0 amide bonds. The molecule has 2 rings (SSSR count). The SMILES string of the molecule is CCc1nnc(NC2CCCCC2)c(C(N)=S)c1CC. The van der Waals surface area contributed by atoms with Gasteiger partial charge in [0.2, 0.25) is 0 Å². The summed E-state index contributed by atoms with van der Waals surface area (Å²) in [7, 11) is 0. The number of aryl methyl sites for hydroxylation is 1. The van der Waals surface area contributed by atoms with E-state index in [4.69, 9.17) is 18.0 Å². The second kappa shape index (κ2) is 6.97. The van der Waals surface area contributed by atoms with Crippen LogP contribution in [0, 0.1) is 0 Å². The fourth-order valence-corrected chi connectivity index (χ4v) is 3.20. The summed E-state index contributed by atoms with van der Waals surface area (Å²) >= 11 is 5.25. The first-order valence-corrected chi connectivity index (χ1v) is 8.02. The Morgan fingerprint density at radius 1 is 1.20 bits per heavy atom. The van der Waals surface area contributed by atoms with Crippen molar-refractivity contribution in [3.63, 3.8) is 0 Å². The second-order valence-corrected chi connectivity index (χ2v) is 5.84. The fraction of sp³-hybridized carbons (Fsp3) is 0.667. The van der Waals surface area contributed by atoms with Crippen LogP contribution in [0.4, 0.5) is 5.82 Å². The van der Waals surface area contributed by atoms with E-state index in [1.807, 2.05) is 0 Å². The molecule has 0 radical (unpaired) electrons. The Morgan fingerprint density at radius 3 is 2.45 bits per heavy atom. The molecule has 1 fully saturated rings. The van der Waals surface area contributed by atoms with Crippen LogP contribution >= 0.6 is 12.2 Å². The summed E-state index contributed by atoms with van der Waals surface area (Å²) in [6.07, 6.45) is 8.01. The first-order valence-electron chi connectivity index (χ1n) is 7.62. The topological polar surface area (TPSA) is 63.8 Å². The molecule has 1 aromatic heterocycles. The number of hydrogen-bond acceptors (Lipinski definition) is 4. The van der Waals surface area contributed by atoms with E-state index in [1.54, 1.807) is 0 Å². The third-order valence-corrected chi connectivity index (χ3v) is 4.24. The summed E-state index contributed by atoms with van der Waals surface area (Å²) in [4.78, 5) is 0.421. The number of aromatic nitrogens is 2. The van der Waals surface area contributed by atoms with Gasteiger partial charge in [-0.2, -0.15) is 5.10 Å². The number of nitrogens with two attached hydrogens (primary N) is 1. The number of nitrogens with one attached hydrogen (secondary N) is 1. The van der Waals surface area contributed by atoms with Gasteiger partial charge >= 0.3 is 0 Å². The van der Waals surface area contributed by atoms with E-state index in [9.17, 15) is 0 Å². The minimum atomic E-state index is 0.421. The Bertz CT molecular complexity index is 481. The van der Waals surface area contributed by atoms with Crippen LogP contribution in [-0.2, 0) is 12.8 Å². The lowest BCUT2D eigenvalue weighted by molar-refractivity contribution is 0.461. The van der Waals surface area contributed by atoms with Crippen molar-refractivity contribution in [3.8, 4) is 0 Å². The van der Waals surface area contributed by atoms with E-state index in [0.29, 0.717) is 11.0 Å². The van der Waals surface area contributed by atoms with Crippen LogP contribution < -0.4 is 11.1 Å². The van der Waals surface area contributed by atoms with E-state index >= 15 is 0 Å². The van der Waals surface area contributed by atoms with Crippen molar-refractivity contribution < 1.29 is 0 Å². The van der Waals surface area contributed by atoms with E-state index in [2.05, 4.69) is 29.4 Å². The van der Waals surface area contributed by atoms with Crippen LogP contribution in [0.1, 0.15) is 62.8 Å². The molecule has 1 aromatic rings. The number of anilines is 1. The Morgan fingerprint density at radius 2 is 1.90 bits per heavy atom. The Hall–Kier alpha value is -1.23. The Balaban J connectivity index is 2.33. The average molecular weight is 292 g/mol. The molecule has 0 aromatic carbocycles. The third-order valence-electron chi connectivity index (χ3n) is 4.04. The van der Waals surface area contributed by atoms with Gasteiger partial charge in [0, 0.05) is 6.04 Å². The zero-order chi connectivity index (χ0) is 14.5. The molecule has 1 aliphatic rings. The van der Waals surface area contributed by atoms with Crippen LogP contribution in [0.25, 0.3) is 0 Å². The zero-order valence-corrected chi connectivity index (χ0v) is 13.2. The summed E-state index contributed by atoms with van der Waals surface area (Å²) in [5, 5.41) is 12.2. The largest absolute Gasteiger partial charge is 0.389 e. The zero-order valence-electron chi connectivity index (χ0n) is 12.4. The lowest BCUT2D eigenvalue weighted by Crippen LogP contribution is -2.27. The first-order chi connectivity index (χ1) is 9.67. The summed E-state index contributed by atoms with van der Waals surface area (Å²) in [5.41, 5.74) is 9.00. The molecule has 20 heavy (non-hydrogen) atoms. The number of thiocarbonyl (C=S) groups is 1. The van der Waals surface area contributed by atoms with Crippen molar-refractivity contribution in [3.05, 3.63) is 16.8 Å². The molecule has 0 aliphatic heterocycles. The van der Waals surface area contributed by atoms with Gasteiger partial charge in [0.1, 0.15) is 4.99 Å². The Kier molecular flexibility index (Phi) is 5.29. The van der Waals surface area contributed by atoms with Crippen molar-refractivity contribution in [1.82, 2.24) is 10.2 Å². The van der Waals surface area contributed by atoms with Crippen molar-refractivity contribution in [2.75, 3.05) is 5.32 Å². The average Bonchev–Trinajstić information content (AvgIpc) is 2.47. The van der Waals surface area contributed by atoms with Crippen LogP contribution in [-0.4, -0.2) is 21.2 Å². The maximum absolute atomic E-state index is 5.94. The fourth-order valence-electron chi connectivity index (χ4n) is 2.98. The highest BCUT2D eigenvalue weighted by Crippen LogP contribution is 2.25. The van der Waals surface area contributed by atoms with Crippen LogP contribution in [0.5, 0.6) is 0 Å². The maximum atomic E-state index is 5.94. The summed E-state index contributed by atoms with van der Waals surface area (Å²) in [6.45, 7) is 4.20. The van der Waals surface area contributed by atoms with Crippen LogP contribution in [0.2, 0.25) is 0 Å². The monoisotopic (exact) mass is 292 g/mol. The molecule has 0 unspecified atom stereocenters. The van der Waals surface area contributed by atoms with Gasteiger partial charge in [-0.15, -0.1) is 5.10 Å². The highest BCUT2D eigenvalue weighted by Gasteiger charge is 2.20. The van der Waals surface area contributed by atoms with Gasteiger partial charge in [-0.05, 0) is 31.2 Å². The molecule has 1 aliphatic carbocycles. The van der Waals surface area contributed by atoms with Gasteiger partial charge in [0.15, 0.2) is 5.82 Å². The number of hydrogen-bond donors (Lipinski definition) is 2. The van der Waals surface area contributed by atoms with Gasteiger partial charge in [0.25, 0.3) is 0 Å². The highest BCUT2D eigenvalue weighted by molar-refractivity contribution is 7.80. The maximum Gasteiger partial charge on any atom is 0.159 e. The smallest absolute Gasteiger partial charge is 0.159 e. The molecular weight excluding hydrogens is 268 g/mol. The van der Waals surface area contributed by atoms with E-state index < -0.39 is 0 Å². The van der Waals surface area contributed by atoms with E-state index in [-0.39, 0.29) is 0 Å². The molecule has 0 saturated heterocycles. The lowest BCUT2D eigenvalue weighted by Gasteiger charge is -2.25. The molecule has 110 valence electrons. The molecule has 4 nitrogen and oxygen atoms in total. The molecule has 3 N–H and O–H groups in total. The van der Waals surface area contributed by atoms with Crippen molar-refractivity contribution >= 4 is 23.0 Å².